The number of alkyl halides is 1. The van der Waals surface area contributed by atoms with E-state index < -0.39 is 18.0 Å². The summed E-state index contributed by atoms with van der Waals surface area (Å²) >= 11 is 6.73. The van der Waals surface area contributed by atoms with E-state index >= 15 is 0 Å². The van der Waals surface area contributed by atoms with Crippen molar-refractivity contribution in [2.24, 2.45) is 10.9 Å². The van der Waals surface area contributed by atoms with E-state index in [0.717, 1.165) is 17.8 Å². The molecule has 0 fully saturated rings. The van der Waals surface area contributed by atoms with Crippen LogP contribution in [0.25, 0.3) is 0 Å². The van der Waals surface area contributed by atoms with E-state index in [1.54, 1.807) is 10.7 Å². The average molecular weight is 408 g/mol. The van der Waals surface area contributed by atoms with Crippen molar-refractivity contribution in [1.82, 2.24) is 4.67 Å². The molecule has 10 heteroatoms. The van der Waals surface area contributed by atoms with Crippen molar-refractivity contribution in [2.45, 2.75) is 27.2 Å². The topological polar surface area (TPSA) is 98.7 Å². The molecule has 0 bridgehead atoms. The fraction of sp³-hybridized carbons (Fsp3) is 0.600. The number of rotatable bonds is 9. The Balaban J connectivity index is 2.75. The van der Waals surface area contributed by atoms with E-state index in [1.165, 1.54) is 6.07 Å². The van der Waals surface area contributed by atoms with Gasteiger partial charge in [-0.05, 0) is 26.3 Å². The molecular weight excluding hydrogens is 385 g/mol. The van der Waals surface area contributed by atoms with Gasteiger partial charge in [0.05, 0.1) is 21.8 Å². The number of nitrogens with two attached hydrogens (primary N) is 1. The van der Waals surface area contributed by atoms with Crippen molar-refractivity contribution in [1.29, 1.82) is 0 Å². The smallest absolute Gasteiger partial charge is 0.305 e. The number of thiophene rings is 1. The normalized spacial score (nSPS) is 14.0. The van der Waals surface area contributed by atoms with Crippen LogP contribution >= 0.6 is 30.6 Å². The first-order valence-electron chi connectivity index (χ1n) is 7.73. The number of nitrogens with zero attached hydrogens (tertiary/aromatic N) is 2. The van der Waals surface area contributed by atoms with Crippen LogP contribution in [0, 0.1) is 27.4 Å². The summed E-state index contributed by atoms with van der Waals surface area (Å²) in [5.41, 5.74) is 5.25. The Kier molecular flexibility index (Phi) is 8.55. The highest BCUT2D eigenvalue weighted by Crippen LogP contribution is 2.43. The van der Waals surface area contributed by atoms with Crippen molar-refractivity contribution < 1.29 is 14.0 Å². The molecule has 0 aromatic carbocycles. The van der Waals surface area contributed by atoms with Gasteiger partial charge in [0.2, 0.25) is 0 Å². The summed E-state index contributed by atoms with van der Waals surface area (Å²) in [4.78, 5) is 10.8. The number of nitro groups is 1. The lowest BCUT2D eigenvalue weighted by atomic mass is 9.96. The Labute approximate surface area is 157 Å². The Morgan fingerprint density at radius 1 is 1.48 bits per heavy atom. The van der Waals surface area contributed by atoms with Gasteiger partial charge in [0.15, 0.2) is 0 Å². The van der Waals surface area contributed by atoms with E-state index in [1.807, 2.05) is 20.8 Å². The first kappa shape index (κ1) is 22.1. The van der Waals surface area contributed by atoms with Crippen LogP contribution in [0.1, 0.15) is 32.1 Å². The Bertz CT molecular complexity index is 692. The maximum absolute atomic E-state index is 12.6. The molecule has 0 amide bonds. The second kappa shape index (κ2) is 9.67. The van der Waals surface area contributed by atoms with E-state index in [-0.39, 0.29) is 11.6 Å². The summed E-state index contributed by atoms with van der Waals surface area (Å²) in [5, 5.41) is 10.7. The second-order valence-electron chi connectivity index (χ2n) is 6.01. The minimum Gasteiger partial charge on any atom is -0.305 e. The molecule has 0 aliphatic heterocycles. The summed E-state index contributed by atoms with van der Waals surface area (Å²) in [6.45, 7) is 6.60. The fourth-order valence-electron chi connectivity index (χ4n) is 1.84. The number of hydrogen-bond acceptors (Lipinski definition) is 5. The molecule has 0 saturated heterocycles. The summed E-state index contributed by atoms with van der Waals surface area (Å²) in [7, 11) is -3.44. The molecule has 1 atom stereocenters. The standard InChI is InChI=1S/C15H23ClN3O4PS/c1-4-10-18(11-9-16)24(17,22)23-12-15(2,3)8-7-13-5-6-14(25-13)19(20)21/h5-6H,4,9-12H2,1-3H3,(H2,17,22). The van der Waals surface area contributed by atoms with Crippen LogP contribution in [0.2, 0.25) is 0 Å². The fourth-order valence-corrected chi connectivity index (χ4v) is 4.37. The molecule has 0 saturated carbocycles. The Hall–Kier alpha value is -0.940. The van der Waals surface area contributed by atoms with Crippen LogP contribution in [0.15, 0.2) is 12.1 Å². The SMILES string of the molecule is CCCN(CCCl)P(N)(=O)OCC(C)(C)C#Cc1ccc([N+](=O)[O-])s1. The first-order valence-corrected chi connectivity index (χ1v) is 10.7. The average Bonchev–Trinajstić information content (AvgIpc) is 3.01. The molecule has 7 nitrogen and oxygen atoms in total. The largest absolute Gasteiger partial charge is 0.340 e. The van der Waals surface area contributed by atoms with Gasteiger partial charge in [-0.2, -0.15) is 0 Å². The summed E-state index contributed by atoms with van der Waals surface area (Å²) in [6.07, 6.45) is 0.780. The molecule has 140 valence electrons. The van der Waals surface area contributed by atoms with Crippen LogP contribution in [-0.2, 0) is 9.09 Å². The zero-order valence-corrected chi connectivity index (χ0v) is 17.0. The third kappa shape index (κ3) is 7.45. The Morgan fingerprint density at radius 3 is 2.68 bits per heavy atom. The van der Waals surface area contributed by atoms with Gasteiger partial charge in [0.1, 0.15) is 0 Å². The van der Waals surface area contributed by atoms with E-state index in [0.29, 0.717) is 23.8 Å². The van der Waals surface area contributed by atoms with Crippen LogP contribution in [0.4, 0.5) is 5.00 Å². The van der Waals surface area contributed by atoms with Gasteiger partial charge in [-0.15, -0.1) is 11.6 Å². The van der Waals surface area contributed by atoms with Crippen molar-refractivity contribution in [2.75, 3.05) is 25.6 Å². The maximum Gasteiger partial charge on any atom is 0.340 e. The summed E-state index contributed by atoms with van der Waals surface area (Å²) in [6, 6.07) is 3.02. The van der Waals surface area contributed by atoms with Crippen molar-refractivity contribution in [3.05, 3.63) is 27.1 Å². The summed E-state index contributed by atoms with van der Waals surface area (Å²) in [5.74, 6) is 6.20. The molecule has 1 aromatic rings. The minimum absolute atomic E-state index is 0.0427. The highest BCUT2D eigenvalue weighted by Gasteiger charge is 2.29. The van der Waals surface area contributed by atoms with Crippen molar-refractivity contribution in [3.8, 4) is 11.8 Å². The zero-order chi connectivity index (χ0) is 19.1. The molecule has 1 heterocycles. The first-order chi connectivity index (χ1) is 11.6. The highest BCUT2D eigenvalue weighted by molar-refractivity contribution is 7.53. The molecule has 0 spiro atoms. The van der Waals surface area contributed by atoms with Gasteiger partial charge in [-0.25, -0.2) is 10.2 Å². The number of halogens is 1. The molecular formula is C15H23ClN3O4PS. The molecule has 0 aliphatic rings. The lowest BCUT2D eigenvalue weighted by Gasteiger charge is -2.29. The van der Waals surface area contributed by atoms with Crippen LogP contribution in [0.5, 0.6) is 0 Å². The van der Waals surface area contributed by atoms with E-state index in [2.05, 4.69) is 11.8 Å². The van der Waals surface area contributed by atoms with Crippen LogP contribution < -0.4 is 5.50 Å². The molecule has 0 aliphatic carbocycles. The van der Waals surface area contributed by atoms with Gasteiger partial charge in [0.25, 0.3) is 0 Å². The lowest BCUT2D eigenvalue weighted by molar-refractivity contribution is -0.380. The molecule has 25 heavy (non-hydrogen) atoms. The van der Waals surface area contributed by atoms with Crippen LogP contribution in [0.3, 0.4) is 0 Å². The zero-order valence-electron chi connectivity index (χ0n) is 14.5. The predicted octanol–water partition coefficient (Wildman–Crippen LogP) is 4.07. The van der Waals surface area contributed by atoms with Gasteiger partial charge in [-0.3, -0.25) is 14.7 Å². The van der Waals surface area contributed by atoms with Crippen molar-refractivity contribution >= 4 is 35.6 Å². The summed E-state index contributed by atoms with van der Waals surface area (Å²) < 4.78 is 19.6. The predicted molar refractivity (Wildman–Crippen MR) is 102 cm³/mol. The molecule has 1 aromatic heterocycles. The monoisotopic (exact) mass is 407 g/mol. The van der Waals surface area contributed by atoms with Crippen LogP contribution in [-0.4, -0.2) is 35.2 Å². The third-order valence-electron chi connectivity index (χ3n) is 3.12. The van der Waals surface area contributed by atoms with Gasteiger partial charge < -0.3 is 4.52 Å². The molecule has 2 N–H and O–H groups in total. The van der Waals surface area contributed by atoms with Crippen molar-refractivity contribution in [3.63, 3.8) is 0 Å². The lowest BCUT2D eigenvalue weighted by Crippen LogP contribution is -2.30. The van der Waals surface area contributed by atoms with E-state index in [4.69, 9.17) is 21.6 Å². The van der Waals surface area contributed by atoms with Gasteiger partial charge in [-0.1, -0.05) is 30.1 Å². The molecule has 1 rings (SSSR count). The van der Waals surface area contributed by atoms with Gasteiger partial charge >= 0.3 is 12.7 Å². The number of hydrogen-bond donors (Lipinski definition) is 1. The van der Waals surface area contributed by atoms with Gasteiger partial charge in [0, 0.05) is 25.0 Å². The van der Waals surface area contributed by atoms with E-state index in [9.17, 15) is 14.7 Å². The quantitative estimate of drug-likeness (QED) is 0.218. The molecule has 1 unspecified atom stereocenters. The molecule has 0 radical (unpaired) electrons. The highest BCUT2D eigenvalue weighted by atomic mass is 35.5. The Morgan fingerprint density at radius 2 is 2.16 bits per heavy atom. The third-order valence-corrected chi connectivity index (χ3v) is 5.93. The maximum atomic E-state index is 12.6. The second-order valence-corrected chi connectivity index (χ2v) is 9.40. The minimum atomic E-state index is -3.44.